The zero-order valence-corrected chi connectivity index (χ0v) is 17.8. The van der Waals surface area contributed by atoms with Crippen molar-refractivity contribution in [1.82, 2.24) is 10.2 Å². The van der Waals surface area contributed by atoms with E-state index in [4.69, 9.17) is 5.73 Å². The zero-order chi connectivity index (χ0) is 20.4. The van der Waals surface area contributed by atoms with Crippen molar-refractivity contribution in [2.45, 2.75) is 76.1 Å². The number of amides is 1. The van der Waals surface area contributed by atoms with E-state index in [9.17, 15) is 14.8 Å². The second-order valence-electron chi connectivity index (χ2n) is 10.4. The number of fused-ring (bicyclic) bond motifs is 1. The second kappa shape index (κ2) is 9.67. The Labute approximate surface area is 176 Å². The van der Waals surface area contributed by atoms with Crippen LogP contribution in [0.4, 0.5) is 0 Å². The van der Waals surface area contributed by atoms with Crippen LogP contribution in [0.25, 0.3) is 0 Å². The summed E-state index contributed by atoms with van der Waals surface area (Å²) in [6.07, 6.45) is 11.3. The molecule has 164 valence electrons. The molecule has 5 N–H and O–H groups in total. The van der Waals surface area contributed by atoms with Gasteiger partial charge in [0.2, 0.25) is 5.91 Å². The standard InChI is InChI=1S/C22H40BN3O3/c24-13-15-2-1-3-17(10-15)16-6-8-26(9-7-16)22(27)18-4-5-21-19(11-18)12-20(14-25-21)23(28)29/h15-21,25,28-29H,1-14,24H2. The second-order valence-corrected chi connectivity index (χ2v) is 10.4. The lowest BCUT2D eigenvalue weighted by Gasteiger charge is -2.44. The Kier molecular flexibility index (Phi) is 7.20. The van der Waals surface area contributed by atoms with E-state index in [1.54, 1.807) is 0 Å². The van der Waals surface area contributed by atoms with Crippen LogP contribution in [0.2, 0.25) is 5.82 Å². The highest BCUT2D eigenvalue weighted by molar-refractivity contribution is 6.43. The number of likely N-dealkylation sites (tertiary alicyclic amines) is 1. The van der Waals surface area contributed by atoms with Crippen molar-refractivity contribution in [3.63, 3.8) is 0 Å². The molecule has 0 aromatic rings. The van der Waals surface area contributed by atoms with E-state index in [1.165, 1.54) is 25.7 Å². The van der Waals surface area contributed by atoms with Crippen LogP contribution in [0.5, 0.6) is 0 Å². The number of rotatable bonds is 4. The zero-order valence-electron chi connectivity index (χ0n) is 17.8. The van der Waals surface area contributed by atoms with Crippen LogP contribution in [0.1, 0.15) is 64.2 Å². The van der Waals surface area contributed by atoms with Gasteiger partial charge in [-0.1, -0.05) is 12.8 Å². The summed E-state index contributed by atoms with van der Waals surface area (Å²) in [6, 6.07) is 0.446. The molecule has 0 aromatic heterocycles. The summed E-state index contributed by atoms with van der Waals surface area (Å²) in [5.74, 6) is 3.09. The average molecular weight is 405 g/mol. The maximum absolute atomic E-state index is 13.2. The van der Waals surface area contributed by atoms with Gasteiger partial charge >= 0.3 is 7.12 Å². The molecule has 2 heterocycles. The summed E-state index contributed by atoms with van der Waals surface area (Å²) >= 11 is 0. The Morgan fingerprint density at radius 1 is 0.966 bits per heavy atom. The van der Waals surface area contributed by atoms with Gasteiger partial charge in [0.05, 0.1) is 0 Å². The molecule has 4 aliphatic rings. The van der Waals surface area contributed by atoms with Gasteiger partial charge in [0.15, 0.2) is 0 Å². The van der Waals surface area contributed by atoms with Gasteiger partial charge in [-0.3, -0.25) is 4.79 Å². The number of nitrogens with zero attached hydrogens (tertiary/aromatic N) is 1. The Balaban J connectivity index is 1.26. The number of carbonyl (C=O) groups excluding carboxylic acids is 1. The molecule has 2 saturated carbocycles. The fourth-order valence-corrected chi connectivity index (χ4v) is 6.84. The van der Waals surface area contributed by atoms with Crippen LogP contribution in [-0.4, -0.2) is 60.2 Å². The van der Waals surface area contributed by atoms with Crippen LogP contribution in [0.3, 0.4) is 0 Å². The van der Waals surface area contributed by atoms with Crippen molar-refractivity contribution < 1.29 is 14.8 Å². The summed E-state index contributed by atoms with van der Waals surface area (Å²) in [6.45, 7) is 3.36. The lowest BCUT2D eigenvalue weighted by Crippen LogP contribution is -2.52. The van der Waals surface area contributed by atoms with Gasteiger partial charge in [0, 0.05) is 30.9 Å². The van der Waals surface area contributed by atoms with Crippen LogP contribution in [-0.2, 0) is 4.79 Å². The monoisotopic (exact) mass is 405 g/mol. The topological polar surface area (TPSA) is 98.8 Å². The third-order valence-corrected chi connectivity index (χ3v) is 8.68. The first-order valence-corrected chi connectivity index (χ1v) is 12.1. The smallest absolute Gasteiger partial charge is 0.427 e. The summed E-state index contributed by atoms with van der Waals surface area (Å²) in [5, 5.41) is 22.6. The third-order valence-electron chi connectivity index (χ3n) is 8.68. The Hall–Kier alpha value is -0.625. The first-order chi connectivity index (χ1) is 14.0. The molecule has 2 aliphatic heterocycles. The van der Waals surface area contributed by atoms with Crippen molar-refractivity contribution in [3.8, 4) is 0 Å². The molecule has 0 aromatic carbocycles. The van der Waals surface area contributed by atoms with Crippen molar-refractivity contribution in [2.75, 3.05) is 26.2 Å². The van der Waals surface area contributed by atoms with E-state index in [0.29, 0.717) is 30.3 Å². The fourth-order valence-electron chi connectivity index (χ4n) is 6.84. The first kappa shape index (κ1) is 21.6. The van der Waals surface area contributed by atoms with E-state index in [2.05, 4.69) is 10.2 Å². The maximum atomic E-state index is 13.2. The minimum Gasteiger partial charge on any atom is -0.427 e. The summed E-state index contributed by atoms with van der Waals surface area (Å²) in [7, 11) is -1.25. The van der Waals surface area contributed by atoms with Crippen molar-refractivity contribution in [1.29, 1.82) is 0 Å². The average Bonchev–Trinajstić information content (AvgIpc) is 2.78. The number of piperidine rings is 2. The first-order valence-electron chi connectivity index (χ1n) is 12.1. The molecule has 7 heteroatoms. The van der Waals surface area contributed by atoms with E-state index >= 15 is 0 Å². The number of hydrogen-bond donors (Lipinski definition) is 4. The Morgan fingerprint density at radius 2 is 1.76 bits per heavy atom. The molecule has 0 bridgehead atoms. The van der Waals surface area contributed by atoms with Gasteiger partial charge in [0.1, 0.15) is 0 Å². The van der Waals surface area contributed by atoms with Gasteiger partial charge in [0.25, 0.3) is 0 Å². The van der Waals surface area contributed by atoms with E-state index < -0.39 is 7.12 Å². The molecule has 29 heavy (non-hydrogen) atoms. The fraction of sp³-hybridized carbons (Fsp3) is 0.955. The molecule has 6 atom stereocenters. The normalized spacial score (nSPS) is 39.1. The number of hydrogen-bond acceptors (Lipinski definition) is 5. The quantitative estimate of drug-likeness (QED) is 0.533. The van der Waals surface area contributed by atoms with Gasteiger partial charge in [-0.05, 0) is 88.1 Å². The summed E-state index contributed by atoms with van der Waals surface area (Å²) < 4.78 is 0. The van der Waals surface area contributed by atoms with Crippen LogP contribution < -0.4 is 11.1 Å². The molecular weight excluding hydrogens is 365 g/mol. The highest BCUT2D eigenvalue weighted by Gasteiger charge is 2.42. The molecular formula is C22H40BN3O3. The van der Waals surface area contributed by atoms with Crippen molar-refractivity contribution >= 4 is 13.0 Å². The van der Waals surface area contributed by atoms with Gasteiger partial charge in [-0.25, -0.2) is 0 Å². The maximum Gasteiger partial charge on any atom is 0.456 e. The lowest BCUT2D eigenvalue weighted by atomic mass is 9.62. The van der Waals surface area contributed by atoms with Crippen LogP contribution in [0.15, 0.2) is 0 Å². The third kappa shape index (κ3) is 5.00. The number of carbonyl (C=O) groups is 1. The van der Waals surface area contributed by atoms with E-state index in [-0.39, 0.29) is 11.7 Å². The van der Waals surface area contributed by atoms with Gasteiger partial charge in [-0.2, -0.15) is 0 Å². The molecule has 0 spiro atoms. The minimum absolute atomic E-state index is 0.103. The van der Waals surface area contributed by atoms with E-state index in [0.717, 1.165) is 70.0 Å². The number of nitrogens with two attached hydrogens (primary N) is 1. The predicted octanol–water partition coefficient (Wildman–Crippen LogP) is 1.61. The van der Waals surface area contributed by atoms with Gasteiger partial charge < -0.3 is 26.0 Å². The summed E-state index contributed by atoms with van der Waals surface area (Å²) in [4.78, 5) is 15.4. The SMILES string of the molecule is NCC1CCCC(C2CCN(C(=O)C3CCC4NCC(B(O)O)CC4C3)CC2)C1. The molecule has 4 fully saturated rings. The van der Waals surface area contributed by atoms with Crippen molar-refractivity contribution in [3.05, 3.63) is 0 Å². The molecule has 4 rings (SSSR count). The molecule has 6 nitrogen and oxygen atoms in total. The molecule has 2 saturated heterocycles. The van der Waals surface area contributed by atoms with Crippen LogP contribution >= 0.6 is 0 Å². The Bertz CT molecular complexity index is 555. The van der Waals surface area contributed by atoms with Crippen LogP contribution in [0, 0.1) is 29.6 Å². The lowest BCUT2D eigenvalue weighted by molar-refractivity contribution is -0.139. The Morgan fingerprint density at radius 3 is 2.48 bits per heavy atom. The molecule has 1 amide bonds. The highest BCUT2D eigenvalue weighted by atomic mass is 16.4. The molecule has 2 aliphatic carbocycles. The van der Waals surface area contributed by atoms with Gasteiger partial charge in [-0.15, -0.1) is 0 Å². The molecule has 0 radical (unpaired) electrons. The largest absolute Gasteiger partial charge is 0.456 e. The minimum atomic E-state index is -1.25. The van der Waals surface area contributed by atoms with E-state index in [1.807, 2.05) is 0 Å². The summed E-state index contributed by atoms with van der Waals surface area (Å²) in [5.41, 5.74) is 5.93. The molecule has 6 unspecified atom stereocenters. The highest BCUT2D eigenvalue weighted by Crippen LogP contribution is 2.41. The van der Waals surface area contributed by atoms with Crippen molar-refractivity contribution in [2.24, 2.45) is 35.3 Å². The predicted molar refractivity (Wildman–Crippen MR) is 115 cm³/mol. The number of nitrogens with one attached hydrogen (secondary N) is 1.